The van der Waals surface area contributed by atoms with Crippen molar-refractivity contribution < 1.29 is 9.47 Å². The molecule has 0 saturated heterocycles. The van der Waals surface area contributed by atoms with Crippen LogP contribution in [0.1, 0.15) is 6.92 Å². The Bertz CT molecular complexity index is 625. The summed E-state index contributed by atoms with van der Waals surface area (Å²) >= 11 is 0. The standard InChI is InChI=1S/C16H23N5O2/c1-4-23-14-7-6-13(12-15(14)22-3)20-16(17-2)18-9-11-21-10-5-8-19-21/h5-8,10,12H,4,9,11H2,1-3H3,(H2,17,18,20). The highest BCUT2D eigenvalue weighted by Crippen LogP contribution is 2.30. The molecule has 0 fully saturated rings. The first kappa shape index (κ1) is 16.7. The van der Waals surface area contributed by atoms with Gasteiger partial charge in [-0.2, -0.15) is 5.10 Å². The maximum Gasteiger partial charge on any atom is 0.195 e. The van der Waals surface area contributed by atoms with Gasteiger partial charge in [0, 0.05) is 37.7 Å². The second kappa shape index (κ2) is 8.67. The number of aromatic nitrogens is 2. The Balaban J connectivity index is 1.93. The molecule has 7 heteroatoms. The highest BCUT2D eigenvalue weighted by Gasteiger charge is 2.06. The molecule has 124 valence electrons. The summed E-state index contributed by atoms with van der Waals surface area (Å²) in [6, 6.07) is 7.58. The van der Waals surface area contributed by atoms with Crippen LogP contribution in [0.5, 0.6) is 11.5 Å². The first-order valence-corrected chi connectivity index (χ1v) is 7.52. The summed E-state index contributed by atoms with van der Waals surface area (Å²) in [6.07, 6.45) is 3.69. The van der Waals surface area contributed by atoms with E-state index in [4.69, 9.17) is 9.47 Å². The van der Waals surface area contributed by atoms with Gasteiger partial charge >= 0.3 is 0 Å². The van der Waals surface area contributed by atoms with Crippen LogP contribution in [-0.2, 0) is 6.54 Å². The van der Waals surface area contributed by atoms with Crippen molar-refractivity contribution in [1.29, 1.82) is 0 Å². The zero-order valence-corrected chi connectivity index (χ0v) is 13.7. The van der Waals surface area contributed by atoms with E-state index in [1.54, 1.807) is 20.4 Å². The molecule has 0 atom stereocenters. The lowest BCUT2D eigenvalue weighted by Crippen LogP contribution is -2.33. The molecule has 23 heavy (non-hydrogen) atoms. The number of nitrogens with zero attached hydrogens (tertiary/aromatic N) is 3. The average Bonchev–Trinajstić information content (AvgIpc) is 3.08. The molecule has 2 N–H and O–H groups in total. The number of benzene rings is 1. The fourth-order valence-corrected chi connectivity index (χ4v) is 2.06. The van der Waals surface area contributed by atoms with Crippen molar-refractivity contribution >= 4 is 11.6 Å². The van der Waals surface area contributed by atoms with Crippen LogP contribution in [0.3, 0.4) is 0 Å². The SMILES string of the molecule is CCOc1ccc(NC(=NC)NCCn2cccn2)cc1OC. The molecule has 2 aromatic rings. The summed E-state index contributed by atoms with van der Waals surface area (Å²) < 4.78 is 12.7. The molecular weight excluding hydrogens is 294 g/mol. The van der Waals surface area contributed by atoms with E-state index in [2.05, 4.69) is 20.7 Å². The molecule has 0 aliphatic heterocycles. The molecule has 0 saturated carbocycles. The normalized spacial score (nSPS) is 11.2. The Morgan fingerprint density at radius 1 is 1.35 bits per heavy atom. The number of rotatable bonds is 7. The van der Waals surface area contributed by atoms with E-state index in [1.807, 2.05) is 42.1 Å². The first-order valence-electron chi connectivity index (χ1n) is 7.52. The van der Waals surface area contributed by atoms with E-state index in [0.717, 1.165) is 24.5 Å². The predicted molar refractivity (Wildman–Crippen MR) is 91.4 cm³/mol. The number of anilines is 1. The van der Waals surface area contributed by atoms with Crippen molar-refractivity contribution in [2.45, 2.75) is 13.5 Å². The van der Waals surface area contributed by atoms with Gasteiger partial charge in [-0.3, -0.25) is 9.67 Å². The van der Waals surface area contributed by atoms with E-state index < -0.39 is 0 Å². The zero-order valence-electron chi connectivity index (χ0n) is 13.7. The summed E-state index contributed by atoms with van der Waals surface area (Å²) in [5.41, 5.74) is 0.873. The minimum Gasteiger partial charge on any atom is -0.493 e. The fourth-order valence-electron chi connectivity index (χ4n) is 2.06. The van der Waals surface area contributed by atoms with E-state index in [9.17, 15) is 0 Å². The number of guanidine groups is 1. The van der Waals surface area contributed by atoms with Crippen molar-refractivity contribution in [2.75, 3.05) is 32.6 Å². The van der Waals surface area contributed by atoms with Gasteiger partial charge in [-0.1, -0.05) is 0 Å². The molecule has 0 bridgehead atoms. The van der Waals surface area contributed by atoms with Crippen LogP contribution in [0.15, 0.2) is 41.7 Å². The third-order valence-electron chi connectivity index (χ3n) is 3.14. The van der Waals surface area contributed by atoms with Crippen molar-refractivity contribution in [3.05, 3.63) is 36.7 Å². The lowest BCUT2D eigenvalue weighted by Gasteiger charge is -2.14. The molecule has 1 aromatic heterocycles. The monoisotopic (exact) mass is 317 g/mol. The number of nitrogens with one attached hydrogen (secondary N) is 2. The Kier molecular flexibility index (Phi) is 6.28. The summed E-state index contributed by atoms with van der Waals surface area (Å²) in [7, 11) is 3.35. The Morgan fingerprint density at radius 2 is 2.22 bits per heavy atom. The summed E-state index contributed by atoms with van der Waals surface area (Å²) in [6.45, 7) is 4.02. The summed E-state index contributed by atoms with van der Waals surface area (Å²) in [5.74, 6) is 2.09. The number of aliphatic imine (C=N–C) groups is 1. The van der Waals surface area contributed by atoms with Crippen LogP contribution in [0, 0.1) is 0 Å². The van der Waals surface area contributed by atoms with Crippen molar-refractivity contribution in [2.24, 2.45) is 4.99 Å². The van der Waals surface area contributed by atoms with Gasteiger partial charge in [-0.25, -0.2) is 0 Å². The van der Waals surface area contributed by atoms with E-state index >= 15 is 0 Å². The predicted octanol–water partition coefficient (Wildman–Crippen LogP) is 1.98. The second-order valence-electron chi connectivity index (χ2n) is 4.69. The maximum absolute atomic E-state index is 5.51. The first-order chi connectivity index (χ1) is 11.3. The maximum atomic E-state index is 5.51. The Labute approximate surface area is 136 Å². The number of ether oxygens (including phenoxy) is 2. The van der Waals surface area contributed by atoms with E-state index in [1.165, 1.54) is 0 Å². The summed E-state index contributed by atoms with van der Waals surface area (Å²) in [5, 5.41) is 10.6. The van der Waals surface area contributed by atoms with E-state index in [0.29, 0.717) is 18.3 Å². The Morgan fingerprint density at radius 3 is 2.87 bits per heavy atom. The number of hydrogen-bond acceptors (Lipinski definition) is 4. The highest BCUT2D eigenvalue weighted by molar-refractivity contribution is 5.93. The fraction of sp³-hybridized carbons (Fsp3) is 0.375. The molecule has 0 aliphatic carbocycles. The van der Waals surface area contributed by atoms with Gasteiger partial charge < -0.3 is 20.1 Å². The smallest absolute Gasteiger partial charge is 0.195 e. The van der Waals surface area contributed by atoms with Crippen LogP contribution in [-0.4, -0.2) is 43.0 Å². The minimum atomic E-state index is 0.597. The van der Waals surface area contributed by atoms with Gasteiger partial charge in [0.05, 0.1) is 20.3 Å². The van der Waals surface area contributed by atoms with Gasteiger partial charge in [-0.15, -0.1) is 0 Å². The highest BCUT2D eigenvalue weighted by atomic mass is 16.5. The zero-order chi connectivity index (χ0) is 16.5. The molecule has 0 spiro atoms. The molecule has 0 unspecified atom stereocenters. The van der Waals surface area contributed by atoms with E-state index in [-0.39, 0.29) is 0 Å². The Hall–Kier alpha value is -2.70. The molecule has 7 nitrogen and oxygen atoms in total. The molecule has 2 rings (SSSR count). The van der Waals surface area contributed by atoms with Crippen molar-refractivity contribution in [3.8, 4) is 11.5 Å². The van der Waals surface area contributed by atoms with Crippen LogP contribution in [0.25, 0.3) is 0 Å². The third kappa shape index (κ3) is 4.91. The van der Waals surface area contributed by atoms with Gasteiger partial charge in [0.1, 0.15) is 0 Å². The topological polar surface area (TPSA) is 72.7 Å². The molecule has 0 aliphatic rings. The molecular formula is C16H23N5O2. The van der Waals surface area contributed by atoms with Gasteiger partial charge in [-0.05, 0) is 25.1 Å². The number of methoxy groups -OCH3 is 1. The lowest BCUT2D eigenvalue weighted by molar-refractivity contribution is 0.311. The largest absolute Gasteiger partial charge is 0.493 e. The third-order valence-corrected chi connectivity index (χ3v) is 3.14. The van der Waals surface area contributed by atoms with Crippen LogP contribution in [0.4, 0.5) is 5.69 Å². The van der Waals surface area contributed by atoms with Crippen LogP contribution in [0.2, 0.25) is 0 Å². The minimum absolute atomic E-state index is 0.597. The van der Waals surface area contributed by atoms with Gasteiger partial charge in [0.25, 0.3) is 0 Å². The second-order valence-corrected chi connectivity index (χ2v) is 4.69. The van der Waals surface area contributed by atoms with Crippen molar-refractivity contribution in [1.82, 2.24) is 15.1 Å². The quantitative estimate of drug-likeness (QED) is 0.603. The van der Waals surface area contributed by atoms with Gasteiger partial charge in [0.2, 0.25) is 0 Å². The molecule has 1 aromatic carbocycles. The summed E-state index contributed by atoms with van der Waals surface area (Å²) in [4.78, 5) is 4.21. The van der Waals surface area contributed by atoms with Crippen LogP contribution >= 0.6 is 0 Å². The average molecular weight is 317 g/mol. The molecule has 0 radical (unpaired) electrons. The molecule has 1 heterocycles. The van der Waals surface area contributed by atoms with Gasteiger partial charge in [0.15, 0.2) is 17.5 Å². The lowest BCUT2D eigenvalue weighted by atomic mass is 10.2. The molecule has 0 amide bonds. The van der Waals surface area contributed by atoms with Crippen molar-refractivity contribution in [3.63, 3.8) is 0 Å². The van der Waals surface area contributed by atoms with Crippen LogP contribution < -0.4 is 20.1 Å². The number of hydrogen-bond donors (Lipinski definition) is 2.